The second kappa shape index (κ2) is 3.81. The maximum Gasteiger partial charge on any atom is 0.115 e. The van der Waals surface area contributed by atoms with Crippen molar-refractivity contribution in [2.75, 3.05) is 0 Å². The SMILES string of the molecule is Cc1ncncc1C(N)c1ccsn1. The average molecular weight is 206 g/mol. The highest BCUT2D eigenvalue weighted by Crippen LogP contribution is 2.19. The lowest BCUT2D eigenvalue weighted by atomic mass is 10.1. The Kier molecular flexibility index (Phi) is 2.51. The van der Waals surface area contributed by atoms with E-state index in [2.05, 4.69) is 14.3 Å². The molecule has 2 aromatic heterocycles. The van der Waals surface area contributed by atoms with Crippen molar-refractivity contribution < 1.29 is 0 Å². The number of rotatable bonds is 2. The monoisotopic (exact) mass is 206 g/mol. The minimum atomic E-state index is -0.220. The molecule has 2 aromatic rings. The molecule has 72 valence electrons. The van der Waals surface area contributed by atoms with Crippen molar-refractivity contribution >= 4 is 11.5 Å². The minimum absolute atomic E-state index is 0.220. The van der Waals surface area contributed by atoms with Crippen molar-refractivity contribution in [3.63, 3.8) is 0 Å². The predicted octanol–water partition coefficient (Wildman–Crippen LogP) is 1.29. The Balaban J connectivity index is 2.37. The lowest BCUT2D eigenvalue weighted by Gasteiger charge is -2.10. The summed E-state index contributed by atoms with van der Waals surface area (Å²) in [6, 6.07) is 1.70. The van der Waals surface area contributed by atoms with Crippen molar-refractivity contribution in [2.24, 2.45) is 5.73 Å². The van der Waals surface area contributed by atoms with Crippen LogP contribution in [-0.4, -0.2) is 14.3 Å². The summed E-state index contributed by atoms with van der Waals surface area (Å²) in [6.07, 6.45) is 3.26. The number of aryl methyl sites for hydroxylation is 1. The van der Waals surface area contributed by atoms with Gasteiger partial charge in [-0.05, 0) is 24.5 Å². The lowest BCUT2D eigenvalue weighted by molar-refractivity contribution is 0.814. The van der Waals surface area contributed by atoms with E-state index >= 15 is 0 Å². The van der Waals surface area contributed by atoms with Gasteiger partial charge >= 0.3 is 0 Å². The van der Waals surface area contributed by atoms with Crippen LogP contribution in [0.15, 0.2) is 24.0 Å². The van der Waals surface area contributed by atoms with E-state index in [0.717, 1.165) is 17.0 Å². The van der Waals surface area contributed by atoms with Crippen molar-refractivity contribution in [3.05, 3.63) is 40.9 Å². The first-order valence-electron chi connectivity index (χ1n) is 4.21. The van der Waals surface area contributed by atoms with E-state index in [1.165, 1.54) is 17.9 Å². The first-order valence-corrected chi connectivity index (χ1v) is 5.05. The number of hydrogen-bond acceptors (Lipinski definition) is 5. The Labute approximate surface area is 86.0 Å². The Hall–Kier alpha value is -1.33. The summed E-state index contributed by atoms with van der Waals surface area (Å²) >= 11 is 1.40. The van der Waals surface area contributed by atoms with Crippen LogP contribution in [0, 0.1) is 6.92 Å². The van der Waals surface area contributed by atoms with Crippen LogP contribution in [0.2, 0.25) is 0 Å². The van der Waals surface area contributed by atoms with E-state index in [-0.39, 0.29) is 6.04 Å². The van der Waals surface area contributed by atoms with Gasteiger partial charge in [0.1, 0.15) is 6.33 Å². The molecular weight excluding hydrogens is 196 g/mol. The van der Waals surface area contributed by atoms with E-state index in [1.807, 2.05) is 18.4 Å². The normalized spacial score (nSPS) is 12.7. The summed E-state index contributed by atoms with van der Waals surface area (Å²) in [7, 11) is 0. The highest BCUT2D eigenvalue weighted by atomic mass is 32.1. The van der Waals surface area contributed by atoms with Crippen molar-refractivity contribution in [1.29, 1.82) is 0 Å². The smallest absolute Gasteiger partial charge is 0.115 e. The van der Waals surface area contributed by atoms with Crippen LogP contribution in [0.4, 0.5) is 0 Å². The van der Waals surface area contributed by atoms with Crippen LogP contribution in [0.5, 0.6) is 0 Å². The zero-order valence-corrected chi connectivity index (χ0v) is 8.53. The molecule has 0 saturated carbocycles. The molecule has 1 unspecified atom stereocenters. The van der Waals surface area contributed by atoms with E-state index in [1.54, 1.807) is 6.20 Å². The zero-order valence-electron chi connectivity index (χ0n) is 7.71. The fraction of sp³-hybridized carbons (Fsp3) is 0.222. The molecular formula is C9H10N4S. The Morgan fingerprint density at radius 3 is 3.00 bits per heavy atom. The standard InChI is InChI=1S/C9H10N4S/c1-6-7(4-11-5-12-6)9(10)8-2-3-14-13-8/h2-5,9H,10H2,1H3. The van der Waals surface area contributed by atoms with Crippen LogP contribution in [0.3, 0.4) is 0 Å². The molecule has 0 aromatic carbocycles. The van der Waals surface area contributed by atoms with Gasteiger partial charge < -0.3 is 5.73 Å². The van der Waals surface area contributed by atoms with E-state index in [4.69, 9.17) is 5.73 Å². The molecule has 0 aliphatic heterocycles. The largest absolute Gasteiger partial charge is 0.319 e. The van der Waals surface area contributed by atoms with Gasteiger partial charge in [0.2, 0.25) is 0 Å². The van der Waals surface area contributed by atoms with Crippen LogP contribution in [0.1, 0.15) is 23.0 Å². The van der Waals surface area contributed by atoms with Gasteiger partial charge in [-0.15, -0.1) is 0 Å². The molecule has 0 aliphatic rings. The van der Waals surface area contributed by atoms with E-state index < -0.39 is 0 Å². The third kappa shape index (κ3) is 1.64. The maximum absolute atomic E-state index is 6.03. The summed E-state index contributed by atoms with van der Waals surface area (Å²) in [4.78, 5) is 8.06. The highest BCUT2D eigenvalue weighted by molar-refractivity contribution is 7.03. The molecule has 0 aliphatic carbocycles. The molecule has 0 spiro atoms. The summed E-state index contributed by atoms with van der Waals surface area (Å²) < 4.78 is 4.19. The van der Waals surface area contributed by atoms with Gasteiger partial charge in [-0.3, -0.25) is 0 Å². The van der Waals surface area contributed by atoms with Gasteiger partial charge in [0.25, 0.3) is 0 Å². The summed E-state index contributed by atoms with van der Waals surface area (Å²) in [5.41, 5.74) is 8.73. The minimum Gasteiger partial charge on any atom is -0.319 e. The van der Waals surface area contributed by atoms with Crippen LogP contribution in [-0.2, 0) is 0 Å². The van der Waals surface area contributed by atoms with Crippen LogP contribution in [0.25, 0.3) is 0 Å². The summed E-state index contributed by atoms with van der Waals surface area (Å²) in [6.45, 7) is 1.92. The molecule has 14 heavy (non-hydrogen) atoms. The van der Waals surface area contributed by atoms with Gasteiger partial charge in [0.05, 0.1) is 11.7 Å². The first-order chi connectivity index (χ1) is 6.79. The van der Waals surface area contributed by atoms with Gasteiger partial charge in [-0.1, -0.05) is 0 Å². The van der Waals surface area contributed by atoms with Crippen LogP contribution < -0.4 is 5.73 Å². The summed E-state index contributed by atoms with van der Waals surface area (Å²) in [5, 5.41) is 1.91. The van der Waals surface area contributed by atoms with Gasteiger partial charge in [-0.2, -0.15) is 4.37 Å². The molecule has 0 bridgehead atoms. The maximum atomic E-state index is 6.03. The Morgan fingerprint density at radius 2 is 2.36 bits per heavy atom. The Morgan fingerprint density at radius 1 is 1.50 bits per heavy atom. The molecule has 0 fully saturated rings. The fourth-order valence-corrected chi connectivity index (χ4v) is 1.81. The third-order valence-corrected chi connectivity index (χ3v) is 2.63. The predicted molar refractivity (Wildman–Crippen MR) is 54.9 cm³/mol. The molecule has 0 amide bonds. The van der Waals surface area contributed by atoms with Gasteiger partial charge in [0, 0.05) is 22.8 Å². The third-order valence-electron chi connectivity index (χ3n) is 2.06. The van der Waals surface area contributed by atoms with Crippen molar-refractivity contribution in [2.45, 2.75) is 13.0 Å². The summed E-state index contributed by atoms with van der Waals surface area (Å²) in [5.74, 6) is 0. The number of nitrogens with zero attached hydrogens (tertiary/aromatic N) is 3. The number of nitrogens with two attached hydrogens (primary N) is 1. The van der Waals surface area contributed by atoms with E-state index in [0.29, 0.717) is 0 Å². The first kappa shape index (κ1) is 9.23. The molecule has 2 rings (SSSR count). The molecule has 5 heteroatoms. The van der Waals surface area contributed by atoms with Crippen LogP contribution >= 0.6 is 11.5 Å². The lowest BCUT2D eigenvalue weighted by Crippen LogP contribution is -2.14. The van der Waals surface area contributed by atoms with Gasteiger partial charge in [-0.25, -0.2) is 9.97 Å². The quantitative estimate of drug-likeness (QED) is 0.804. The molecule has 2 heterocycles. The highest BCUT2D eigenvalue weighted by Gasteiger charge is 2.13. The zero-order chi connectivity index (χ0) is 9.97. The molecule has 2 N–H and O–H groups in total. The van der Waals surface area contributed by atoms with Crippen molar-refractivity contribution in [1.82, 2.24) is 14.3 Å². The fourth-order valence-electron chi connectivity index (χ4n) is 1.25. The molecule has 4 nitrogen and oxygen atoms in total. The Bertz CT molecular complexity index is 413. The van der Waals surface area contributed by atoms with Gasteiger partial charge in [0.15, 0.2) is 0 Å². The second-order valence-electron chi connectivity index (χ2n) is 2.97. The topological polar surface area (TPSA) is 64.7 Å². The number of hydrogen-bond donors (Lipinski definition) is 1. The average Bonchev–Trinajstić information content (AvgIpc) is 2.70. The second-order valence-corrected chi connectivity index (χ2v) is 3.63. The molecule has 0 saturated heterocycles. The van der Waals surface area contributed by atoms with Crippen molar-refractivity contribution in [3.8, 4) is 0 Å². The number of aromatic nitrogens is 3. The molecule has 0 radical (unpaired) electrons. The molecule has 1 atom stereocenters. The van der Waals surface area contributed by atoms with E-state index in [9.17, 15) is 0 Å².